The van der Waals surface area contributed by atoms with Crippen molar-refractivity contribution in [2.75, 3.05) is 20.3 Å². The predicted octanol–water partition coefficient (Wildman–Crippen LogP) is 2.82. The largest absolute Gasteiger partial charge is 0.497 e. The van der Waals surface area contributed by atoms with Gasteiger partial charge in [0.25, 0.3) is 0 Å². The molecule has 1 amide bonds. The molecule has 5 nitrogen and oxygen atoms in total. The monoisotopic (exact) mass is 321 g/mol. The third-order valence-electron chi connectivity index (χ3n) is 3.82. The topological polar surface area (TPSA) is 55.8 Å². The maximum atomic E-state index is 12.6. The van der Waals surface area contributed by atoms with Crippen molar-refractivity contribution in [2.45, 2.75) is 46.1 Å². The van der Waals surface area contributed by atoms with E-state index in [1.54, 1.807) is 18.9 Å². The van der Waals surface area contributed by atoms with Gasteiger partial charge in [-0.15, -0.1) is 0 Å². The molecule has 0 aliphatic rings. The molecule has 128 valence electrons. The molecule has 0 saturated carbocycles. The number of ether oxygens (including phenoxy) is 2. The van der Waals surface area contributed by atoms with Gasteiger partial charge in [-0.3, -0.25) is 9.59 Å². The van der Waals surface area contributed by atoms with Crippen molar-refractivity contribution < 1.29 is 19.1 Å². The smallest absolute Gasteiger partial charge is 0.307 e. The summed E-state index contributed by atoms with van der Waals surface area (Å²) in [5.74, 6) is 0.522. The minimum Gasteiger partial charge on any atom is -0.497 e. The number of esters is 1. The predicted molar refractivity (Wildman–Crippen MR) is 89.4 cm³/mol. The molecule has 1 atom stereocenters. The SMILES string of the molecule is CCOC(=O)CCN(C(=O)Cc1ccc(OC)cc1)C(C)CC. The molecule has 0 aromatic heterocycles. The molecule has 23 heavy (non-hydrogen) atoms. The van der Waals surface area contributed by atoms with E-state index in [-0.39, 0.29) is 24.3 Å². The van der Waals surface area contributed by atoms with Crippen LogP contribution in [0.4, 0.5) is 0 Å². The van der Waals surface area contributed by atoms with Crippen molar-refractivity contribution in [3.63, 3.8) is 0 Å². The molecule has 1 rings (SSSR count). The van der Waals surface area contributed by atoms with Crippen LogP contribution in [0.15, 0.2) is 24.3 Å². The van der Waals surface area contributed by atoms with Gasteiger partial charge in [-0.1, -0.05) is 19.1 Å². The molecule has 0 aliphatic heterocycles. The average Bonchev–Trinajstić information content (AvgIpc) is 2.55. The highest BCUT2D eigenvalue weighted by Crippen LogP contribution is 2.14. The summed E-state index contributed by atoms with van der Waals surface area (Å²) in [6.07, 6.45) is 1.39. The van der Waals surface area contributed by atoms with Gasteiger partial charge in [0.15, 0.2) is 0 Å². The Morgan fingerprint density at radius 3 is 2.35 bits per heavy atom. The molecule has 1 unspecified atom stereocenters. The summed E-state index contributed by atoms with van der Waals surface area (Å²) >= 11 is 0. The molecule has 0 N–H and O–H groups in total. The minimum atomic E-state index is -0.266. The average molecular weight is 321 g/mol. The van der Waals surface area contributed by atoms with Crippen molar-refractivity contribution in [2.24, 2.45) is 0 Å². The normalized spacial score (nSPS) is 11.7. The van der Waals surface area contributed by atoms with E-state index in [1.807, 2.05) is 38.1 Å². The molecule has 0 aliphatic carbocycles. The summed E-state index contributed by atoms with van der Waals surface area (Å²) in [5.41, 5.74) is 0.931. The fraction of sp³-hybridized carbons (Fsp3) is 0.556. The number of carbonyl (C=O) groups excluding carboxylic acids is 2. The van der Waals surface area contributed by atoms with Crippen LogP contribution in [-0.4, -0.2) is 43.1 Å². The lowest BCUT2D eigenvalue weighted by Gasteiger charge is -2.28. The highest BCUT2D eigenvalue weighted by atomic mass is 16.5. The van der Waals surface area contributed by atoms with Gasteiger partial charge in [0.2, 0.25) is 5.91 Å². The zero-order valence-electron chi connectivity index (χ0n) is 14.5. The lowest BCUT2D eigenvalue weighted by atomic mass is 10.1. The molecule has 0 fully saturated rings. The van der Waals surface area contributed by atoms with Gasteiger partial charge in [0.05, 0.1) is 26.6 Å². The number of hydrogen-bond donors (Lipinski definition) is 0. The summed E-state index contributed by atoms with van der Waals surface area (Å²) in [4.78, 5) is 25.9. The van der Waals surface area contributed by atoms with Crippen LogP contribution in [0.5, 0.6) is 5.75 Å². The Bertz CT molecular complexity index is 498. The van der Waals surface area contributed by atoms with Crippen LogP contribution in [0, 0.1) is 0 Å². The van der Waals surface area contributed by atoms with Crippen LogP contribution in [0.1, 0.15) is 39.2 Å². The molecular formula is C18H27NO4. The fourth-order valence-corrected chi connectivity index (χ4v) is 2.28. The molecule has 0 bridgehead atoms. The van der Waals surface area contributed by atoms with Gasteiger partial charge in [-0.2, -0.15) is 0 Å². The second kappa shape index (κ2) is 9.87. The van der Waals surface area contributed by atoms with Crippen LogP contribution in [0.2, 0.25) is 0 Å². The van der Waals surface area contributed by atoms with Crippen molar-refractivity contribution in [1.82, 2.24) is 4.90 Å². The third kappa shape index (κ3) is 6.30. The van der Waals surface area contributed by atoms with E-state index in [0.29, 0.717) is 19.6 Å². The Morgan fingerprint density at radius 1 is 1.17 bits per heavy atom. The Morgan fingerprint density at radius 2 is 1.83 bits per heavy atom. The van der Waals surface area contributed by atoms with Gasteiger partial charge in [0.1, 0.15) is 5.75 Å². The summed E-state index contributed by atoms with van der Waals surface area (Å²) in [5, 5.41) is 0. The summed E-state index contributed by atoms with van der Waals surface area (Å²) < 4.78 is 10.1. The van der Waals surface area contributed by atoms with Crippen LogP contribution in [0.3, 0.4) is 0 Å². The molecule has 1 aromatic carbocycles. The number of benzene rings is 1. The van der Waals surface area contributed by atoms with Gasteiger partial charge in [0, 0.05) is 12.6 Å². The van der Waals surface area contributed by atoms with Crippen LogP contribution >= 0.6 is 0 Å². The number of methoxy groups -OCH3 is 1. The quantitative estimate of drug-likeness (QED) is 0.656. The van der Waals surface area contributed by atoms with Gasteiger partial charge in [-0.05, 0) is 38.0 Å². The summed E-state index contributed by atoms with van der Waals surface area (Å²) in [6.45, 7) is 6.56. The standard InChI is InChI=1S/C18H27NO4/c1-5-14(3)19(12-11-18(21)23-6-2)17(20)13-15-7-9-16(22-4)10-8-15/h7-10,14H,5-6,11-13H2,1-4H3. The highest BCUT2D eigenvalue weighted by Gasteiger charge is 2.20. The van der Waals surface area contributed by atoms with Crippen LogP contribution in [0.25, 0.3) is 0 Å². The Balaban J connectivity index is 2.68. The highest BCUT2D eigenvalue weighted by molar-refractivity contribution is 5.80. The second-order valence-electron chi connectivity index (χ2n) is 5.42. The number of hydrogen-bond acceptors (Lipinski definition) is 4. The Hall–Kier alpha value is -2.04. The molecule has 0 spiro atoms. The second-order valence-corrected chi connectivity index (χ2v) is 5.42. The first kappa shape index (κ1) is 19.0. The Kier molecular flexibility index (Phi) is 8.16. The molecule has 5 heteroatoms. The number of rotatable bonds is 9. The number of nitrogens with zero attached hydrogens (tertiary/aromatic N) is 1. The third-order valence-corrected chi connectivity index (χ3v) is 3.82. The minimum absolute atomic E-state index is 0.0221. The first-order valence-electron chi connectivity index (χ1n) is 8.09. The van der Waals surface area contributed by atoms with Gasteiger partial charge >= 0.3 is 5.97 Å². The lowest BCUT2D eigenvalue weighted by molar-refractivity contribution is -0.144. The van der Waals surface area contributed by atoms with E-state index in [2.05, 4.69) is 0 Å². The van der Waals surface area contributed by atoms with Crippen LogP contribution in [-0.2, 0) is 20.7 Å². The summed E-state index contributed by atoms with van der Waals surface area (Å²) in [6, 6.07) is 7.55. The maximum absolute atomic E-state index is 12.6. The van der Waals surface area contributed by atoms with Crippen LogP contribution < -0.4 is 4.74 Å². The van der Waals surface area contributed by atoms with E-state index in [4.69, 9.17) is 9.47 Å². The fourth-order valence-electron chi connectivity index (χ4n) is 2.28. The van der Waals surface area contributed by atoms with Crippen molar-refractivity contribution in [1.29, 1.82) is 0 Å². The number of amides is 1. The zero-order valence-corrected chi connectivity index (χ0v) is 14.5. The summed E-state index contributed by atoms with van der Waals surface area (Å²) in [7, 11) is 1.61. The van der Waals surface area contributed by atoms with E-state index >= 15 is 0 Å². The van der Waals surface area contributed by atoms with Crippen molar-refractivity contribution >= 4 is 11.9 Å². The van der Waals surface area contributed by atoms with Gasteiger partial charge in [-0.25, -0.2) is 0 Å². The van der Waals surface area contributed by atoms with E-state index < -0.39 is 0 Å². The van der Waals surface area contributed by atoms with E-state index in [1.165, 1.54) is 0 Å². The molecule has 0 heterocycles. The molecular weight excluding hydrogens is 294 g/mol. The van der Waals surface area contributed by atoms with Crippen molar-refractivity contribution in [3.05, 3.63) is 29.8 Å². The molecule has 0 radical (unpaired) electrons. The lowest BCUT2D eigenvalue weighted by Crippen LogP contribution is -2.40. The first-order valence-corrected chi connectivity index (χ1v) is 8.09. The van der Waals surface area contributed by atoms with Crippen molar-refractivity contribution in [3.8, 4) is 5.75 Å². The maximum Gasteiger partial charge on any atom is 0.307 e. The molecule has 0 saturated heterocycles. The van der Waals surface area contributed by atoms with Gasteiger partial charge < -0.3 is 14.4 Å². The van der Waals surface area contributed by atoms with E-state index in [0.717, 1.165) is 17.7 Å². The molecule has 1 aromatic rings. The Labute approximate surface area is 138 Å². The first-order chi connectivity index (χ1) is 11.0. The zero-order chi connectivity index (χ0) is 17.2. The van der Waals surface area contributed by atoms with E-state index in [9.17, 15) is 9.59 Å². The number of carbonyl (C=O) groups is 2.